The summed E-state index contributed by atoms with van der Waals surface area (Å²) in [4.78, 5) is 0.602. The lowest BCUT2D eigenvalue weighted by Crippen LogP contribution is -2.04. The van der Waals surface area contributed by atoms with Gasteiger partial charge in [0.25, 0.3) is 0 Å². The Bertz CT molecular complexity index is 832. The van der Waals surface area contributed by atoms with Gasteiger partial charge in [-0.3, -0.25) is 0 Å². The third-order valence-corrected chi connectivity index (χ3v) is 5.60. The summed E-state index contributed by atoms with van der Waals surface area (Å²) in [6.45, 7) is 0. The molecule has 0 saturated carbocycles. The van der Waals surface area contributed by atoms with Crippen LogP contribution in [0.2, 0.25) is 0 Å². The molecule has 25 heavy (non-hydrogen) atoms. The predicted octanol–water partition coefficient (Wildman–Crippen LogP) is 4.98. The SMILES string of the molecule is Cn1c(SCCSc2cccc(C(F)(F)F)c2)nnc1-c1ccco1. The van der Waals surface area contributed by atoms with Gasteiger partial charge < -0.3 is 8.98 Å². The van der Waals surface area contributed by atoms with E-state index in [1.807, 2.05) is 17.7 Å². The Balaban J connectivity index is 1.54. The number of hydrogen-bond donors (Lipinski definition) is 0. The summed E-state index contributed by atoms with van der Waals surface area (Å²) in [6, 6.07) is 8.95. The molecular formula is C16H14F3N3OS2. The molecule has 0 aliphatic rings. The number of nitrogens with zero attached hydrogens (tertiary/aromatic N) is 3. The van der Waals surface area contributed by atoms with E-state index in [1.54, 1.807) is 18.4 Å². The summed E-state index contributed by atoms with van der Waals surface area (Å²) in [6.07, 6.45) is -2.74. The lowest BCUT2D eigenvalue weighted by Gasteiger charge is -2.08. The Kier molecular flexibility index (Phi) is 5.43. The molecule has 0 fully saturated rings. The fraction of sp³-hybridized carbons (Fsp3) is 0.250. The first kappa shape index (κ1) is 17.9. The molecule has 0 saturated heterocycles. The van der Waals surface area contributed by atoms with E-state index in [0.29, 0.717) is 28.0 Å². The molecule has 0 aliphatic heterocycles. The van der Waals surface area contributed by atoms with Crippen molar-refractivity contribution < 1.29 is 17.6 Å². The molecule has 9 heteroatoms. The van der Waals surface area contributed by atoms with Crippen LogP contribution in [0.25, 0.3) is 11.6 Å². The van der Waals surface area contributed by atoms with E-state index in [2.05, 4.69) is 10.2 Å². The molecule has 0 amide bonds. The first-order chi connectivity index (χ1) is 11.9. The lowest BCUT2D eigenvalue weighted by atomic mass is 10.2. The number of halogens is 3. The highest BCUT2D eigenvalue weighted by molar-refractivity contribution is 8.02. The van der Waals surface area contributed by atoms with Gasteiger partial charge in [-0.15, -0.1) is 22.0 Å². The quantitative estimate of drug-likeness (QED) is 0.442. The summed E-state index contributed by atoms with van der Waals surface area (Å²) in [7, 11) is 1.85. The average Bonchev–Trinajstić information content (AvgIpc) is 3.21. The number of alkyl halides is 3. The number of rotatable bonds is 6. The third kappa shape index (κ3) is 4.40. The number of thioether (sulfide) groups is 2. The van der Waals surface area contributed by atoms with Crippen LogP contribution in [0, 0.1) is 0 Å². The van der Waals surface area contributed by atoms with E-state index in [4.69, 9.17) is 4.42 Å². The van der Waals surface area contributed by atoms with E-state index >= 15 is 0 Å². The zero-order chi connectivity index (χ0) is 17.9. The highest BCUT2D eigenvalue weighted by Crippen LogP contribution is 2.32. The molecule has 132 valence electrons. The molecule has 0 atom stereocenters. The number of hydrogen-bond acceptors (Lipinski definition) is 5. The minimum Gasteiger partial charge on any atom is -0.461 e. The Morgan fingerprint density at radius 2 is 1.88 bits per heavy atom. The topological polar surface area (TPSA) is 43.9 Å². The zero-order valence-corrected chi connectivity index (χ0v) is 14.8. The molecule has 0 radical (unpaired) electrons. The predicted molar refractivity (Wildman–Crippen MR) is 91.6 cm³/mol. The molecule has 0 aliphatic carbocycles. The Morgan fingerprint density at radius 1 is 1.08 bits per heavy atom. The maximum Gasteiger partial charge on any atom is 0.416 e. The second kappa shape index (κ2) is 7.57. The molecule has 0 unspecified atom stereocenters. The van der Waals surface area contributed by atoms with Gasteiger partial charge in [0.05, 0.1) is 11.8 Å². The van der Waals surface area contributed by atoms with Gasteiger partial charge in [-0.05, 0) is 30.3 Å². The standard InChI is InChI=1S/C16H14F3N3OS2/c1-22-14(13-6-3-7-23-13)20-21-15(22)25-9-8-24-12-5-2-4-11(10-12)16(17,18)19/h2-7,10H,8-9H2,1H3. The number of aromatic nitrogens is 3. The molecule has 3 rings (SSSR count). The molecule has 0 bridgehead atoms. The van der Waals surface area contributed by atoms with Gasteiger partial charge in [-0.25, -0.2) is 0 Å². The first-order valence-electron chi connectivity index (χ1n) is 7.31. The largest absolute Gasteiger partial charge is 0.461 e. The van der Waals surface area contributed by atoms with E-state index in [1.165, 1.54) is 35.7 Å². The molecule has 2 aromatic heterocycles. The second-order valence-corrected chi connectivity index (χ2v) is 7.30. The maximum absolute atomic E-state index is 12.7. The Labute approximate surface area is 150 Å². The highest BCUT2D eigenvalue weighted by Gasteiger charge is 2.30. The molecule has 2 heterocycles. The van der Waals surface area contributed by atoms with E-state index < -0.39 is 11.7 Å². The minimum absolute atomic E-state index is 0.602. The van der Waals surface area contributed by atoms with Gasteiger partial charge >= 0.3 is 6.18 Å². The summed E-state index contributed by atoms with van der Waals surface area (Å²) < 4.78 is 45.2. The summed E-state index contributed by atoms with van der Waals surface area (Å²) in [5.41, 5.74) is -0.624. The van der Waals surface area contributed by atoms with Gasteiger partial charge in [0.2, 0.25) is 0 Å². The summed E-state index contributed by atoms with van der Waals surface area (Å²) in [5.74, 6) is 2.64. The van der Waals surface area contributed by atoms with Crippen molar-refractivity contribution in [1.82, 2.24) is 14.8 Å². The van der Waals surface area contributed by atoms with Crippen LogP contribution in [0.5, 0.6) is 0 Å². The number of furan rings is 1. The van der Waals surface area contributed by atoms with Crippen molar-refractivity contribution >= 4 is 23.5 Å². The monoisotopic (exact) mass is 385 g/mol. The Morgan fingerprint density at radius 3 is 2.60 bits per heavy atom. The molecule has 0 spiro atoms. The smallest absolute Gasteiger partial charge is 0.416 e. The van der Waals surface area contributed by atoms with Crippen LogP contribution in [-0.4, -0.2) is 26.3 Å². The van der Waals surface area contributed by atoms with E-state index in [-0.39, 0.29) is 0 Å². The fourth-order valence-electron chi connectivity index (χ4n) is 2.12. The molecule has 1 aromatic carbocycles. The third-order valence-electron chi connectivity index (χ3n) is 3.32. The normalized spacial score (nSPS) is 11.8. The van der Waals surface area contributed by atoms with Crippen molar-refractivity contribution in [1.29, 1.82) is 0 Å². The van der Waals surface area contributed by atoms with Crippen LogP contribution in [0.1, 0.15) is 5.56 Å². The minimum atomic E-state index is -4.31. The van der Waals surface area contributed by atoms with Gasteiger partial charge in [-0.1, -0.05) is 17.8 Å². The first-order valence-corrected chi connectivity index (χ1v) is 9.28. The van der Waals surface area contributed by atoms with Crippen molar-refractivity contribution in [3.63, 3.8) is 0 Å². The fourth-order valence-corrected chi connectivity index (χ4v) is 3.96. The van der Waals surface area contributed by atoms with Crippen LogP contribution >= 0.6 is 23.5 Å². The van der Waals surface area contributed by atoms with Crippen LogP contribution in [-0.2, 0) is 13.2 Å². The highest BCUT2D eigenvalue weighted by atomic mass is 32.2. The Hall–Kier alpha value is -1.87. The van der Waals surface area contributed by atoms with Crippen LogP contribution in [0.4, 0.5) is 13.2 Å². The second-order valence-electron chi connectivity index (χ2n) is 5.07. The molecular weight excluding hydrogens is 371 g/mol. The van der Waals surface area contributed by atoms with Crippen molar-refractivity contribution in [3.8, 4) is 11.6 Å². The van der Waals surface area contributed by atoms with Crippen LogP contribution < -0.4 is 0 Å². The van der Waals surface area contributed by atoms with E-state index in [9.17, 15) is 13.2 Å². The zero-order valence-electron chi connectivity index (χ0n) is 13.2. The van der Waals surface area contributed by atoms with Crippen molar-refractivity contribution in [2.24, 2.45) is 7.05 Å². The van der Waals surface area contributed by atoms with Gasteiger partial charge in [0.1, 0.15) is 0 Å². The summed E-state index contributed by atoms with van der Waals surface area (Å²) >= 11 is 2.88. The van der Waals surface area contributed by atoms with Crippen molar-refractivity contribution in [3.05, 3.63) is 48.2 Å². The van der Waals surface area contributed by atoms with Crippen molar-refractivity contribution in [2.75, 3.05) is 11.5 Å². The molecule has 4 nitrogen and oxygen atoms in total. The number of benzene rings is 1. The van der Waals surface area contributed by atoms with Gasteiger partial charge in [0, 0.05) is 23.4 Å². The van der Waals surface area contributed by atoms with Gasteiger partial charge in [-0.2, -0.15) is 13.2 Å². The van der Waals surface area contributed by atoms with Crippen LogP contribution in [0.15, 0.2) is 57.1 Å². The van der Waals surface area contributed by atoms with Crippen molar-refractivity contribution in [2.45, 2.75) is 16.2 Å². The van der Waals surface area contributed by atoms with E-state index in [0.717, 1.165) is 11.2 Å². The summed E-state index contributed by atoms with van der Waals surface area (Å²) in [5, 5.41) is 8.95. The molecule has 3 aromatic rings. The molecule has 0 N–H and O–H groups in total. The maximum atomic E-state index is 12.7. The van der Waals surface area contributed by atoms with Crippen LogP contribution in [0.3, 0.4) is 0 Å². The average molecular weight is 385 g/mol. The van der Waals surface area contributed by atoms with Gasteiger partial charge in [0.15, 0.2) is 16.7 Å². The lowest BCUT2D eigenvalue weighted by molar-refractivity contribution is -0.137.